The van der Waals surface area contributed by atoms with Crippen LogP contribution in [-0.4, -0.2) is 33.5 Å². The minimum atomic E-state index is 0.0992. The number of allylic oxidation sites excluding steroid dienone is 1. The summed E-state index contributed by atoms with van der Waals surface area (Å²) in [7, 11) is 6.28. The third-order valence-electron chi connectivity index (χ3n) is 4.15. The van der Waals surface area contributed by atoms with Crippen molar-refractivity contribution in [2.45, 2.75) is 13.3 Å². The maximum absolute atomic E-state index is 10.5. The van der Waals surface area contributed by atoms with Gasteiger partial charge >= 0.3 is 0 Å². The molecule has 0 radical (unpaired) electrons. The topological polar surface area (TPSA) is 57.2 Å². The third-order valence-corrected chi connectivity index (χ3v) is 4.15. The zero-order valence-corrected chi connectivity index (χ0v) is 15.3. The summed E-state index contributed by atoms with van der Waals surface area (Å²) in [6, 6.07) is 5.43. The van der Waals surface area contributed by atoms with Gasteiger partial charge < -0.3 is 24.1 Å². The number of rotatable bonds is 7. The Labute approximate surface area is 148 Å². The Hall–Kier alpha value is -2.82. The molecule has 1 N–H and O–H groups in total. The fourth-order valence-electron chi connectivity index (χ4n) is 2.91. The highest BCUT2D eigenvalue weighted by molar-refractivity contribution is 5.82. The lowest BCUT2D eigenvalue weighted by Crippen LogP contribution is -2.00. The second-order valence-electron chi connectivity index (χ2n) is 5.49. The molecule has 0 saturated heterocycles. The van der Waals surface area contributed by atoms with Crippen LogP contribution in [0.2, 0.25) is 0 Å². The summed E-state index contributed by atoms with van der Waals surface area (Å²) in [4.78, 5) is 0. The quantitative estimate of drug-likeness (QED) is 0.765. The van der Waals surface area contributed by atoms with Gasteiger partial charge in [-0.15, -0.1) is 6.58 Å². The molecule has 0 fully saturated rings. The highest BCUT2D eigenvalue weighted by Crippen LogP contribution is 2.46. The van der Waals surface area contributed by atoms with Crippen molar-refractivity contribution in [2.75, 3.05) is 28.4 Å². The van der Waals surface area contributed by atoms with Crippen LogP contribution >= 0.6 is 0 Å². The highest BCUT2D eigenvalue weighted by atomic mass is 16.5. The lowest BCUT2D eigenvalue weighted by Gasteiger charge is -2.20. The van der Waals surface area contributed by atoms with Crippen molar-refractivity contribution in [2.24, 2.45) is 0 Å². The van der Waals surface area contributed by atoms with E-state index in [-0.39, 0.29) is 5.75 Å². The highest BCUT2D eigenvalue weighted by Gasteiger charge is 2.21. The van der Waals surface area contributed by atoms with Crippen LogP contribution < -0.4 is 18.9 Å². The first-order valence-corrected chi connectivity index (χ1v) is 7.83. The van der Waals surface area contributed by atoms with Crippen molar-refractivity contribution in [1.82, 2.24) is 0 Å². The summed E-state index contributed by atoms with van der Waals surface area (Å²) in [5, 5.41) is 10.5. The molecular formula is C20H24O5. The number of phenolic OH excluding ortho intramolecular Hbond substituents is 1. The van der Waals surface area contributed by atoms with Crippen LogP contribution in [0, 0.1) is 6.92 Å². The Morgan fingerprint density at radius 3 is 1.96 bits per heavy atom. The van der Waals surface area contributed by atoms with Gasteiger partial charge in [0.25, 0.3) is 0 Å². The molecule has 2 aromatic rings. The van der Waals surface area contributed by atoms with Crippen molar-refractivity contribution in [3.8, 4) is 39.9 Å². The van der Waals surface area contributed by atoms with E-state index in [1.54, 1.807) is 27.4 Å². The molecule has 25 heavy (non-hydrogen) atoms. The van der Waals surface area contributed by atoms with Gasteiger partial charge in [0.1, 0.15) is 5.75 Å². The summed E-state index contributed by atoms with van der Waals surface area (Å²) in [5.41, 5.74) is 3.32. The van der Waals surface area contributed by atoms with Gasteiger partial charge in [0.15, 0.2) is 23.0 Å². The SMILES string of the molecule is C=CCc1cc(OC)c(O)c(C)c1-c1cc(OC)c(OC)cc1OC. The fourth-order valence-corrected chi connectivity index (χ4v) is 2.91. The van der Waals surface area contributed by atoms with Crippen molar-refractivity contribution < 1.29 is 24.1 Å². The van der Waals surface area contributed by atoms with Gasteiger partial charge in [0.2, 0.25) is 0 Å². The van der Waals surface area contributed by atoms with E-state index in [1.807, 2.05) is 25.1 Å². The summed E-state index contributed by atoms with van der Waals surface area (Å²) in [6.45, 7) is 5.67. The molecule has 0 amide bonds. The molecule has 0 aliphatic rings. The Bertz CT molecular complexity index is 780. The predicted molar refractivity (Wildman–Crippen MR) is 98.4 cm³/mol. The van der Waals surface area contributed by atoms with Crippen LogP contribution in [0.1, 0.15) is 11.1 Å². The van der Waals surface area contributed by atoms with Gasteiger partial charge in [-0.1, -0.05) is 6.08 Å². The molecule has 0 saturated carbocycles. The molecule has 0 aromatic heterocycles. The van der Waals surface area contributed by atoms with Gasteiger partial charge in [-0.05, 0) is 36.6 Å². The van der Waals surface area contributed by atoms with Crippen LogP contribution in [0.15, 0.2) is 30.9 Å². The molecule has 0 atom stereocenters. The zero-order valence-electron chi connectivity index (χ0n) is 15.3. The first-order chi connectivity index (χ1) is 12.0. The van der Waals surface area contributed by atoms with Crippen molar-refractivity contribution in [3.63, 3.8) is 0 Å². The summed E-state index contributed by atoms with van der Waals surface area (Å²) >= 11 is 0. The zero-order chi connectivity index (χ0) is 18.6. The number of hydrogen-bond donors (Lipinski definition) is 1. The third kappa shape index (κ3) is 3.36. The number of methoxy groups -OCH3 is 4. The minimum absolute atomic E-state index is 0.0992. The number of aromatic hydroxyl groups is 1. The maximum atomic E-state index is 10.5. The average molecular weight is 344 g/mol. The van der Waals surface area contributed by atoms with Gasteiger partial charge in [-0.3, -0.25) is 0 Å². The minimum Gasteiger partial charge on any atom is -0.504 e. The second-order valence-corrected chi connectivity index (χ2v) is 5.49. The van der Waals surface area contributed by atoms with Gasteiger partial charge in [-0.2, -0.15) is 0 Å². The van der Waals surface area contributed by atoms with E-state index in [1.165, 1.54) is 7.11 Å². The molecule has 0 unspecified atom stereocenters. The molecule has 0 bridgehead atoms. The Kier molecular flexibility index (Phi) is 5.80. The van der Waals surface area contributed by atoms with Crippen LogP contribution in [0.3, 0.4) is 0 Å². The summed E-state index contributed by atoms with van der Waals surface area (Å²) in [6.07, 6.45) is 2.42. The van der Waals surface area contributed by atoms with E-state index in [9.17, 15) is 5.11 Å². The number of phenols is 1. The van der Waals surface area contributed by atoms with E-state index in [0.29, 0.717) is 35.0 Å². The number of hydrogen-bond acceptors (Lipinski definition) is 5. The standard InChI is InChI=1S/C20H24O5/c1-7-8-13-9-18(25-6)20(21)12(2)19(13)14-10-16(23-4)17(24-5)11-15(14)22-3/h7,9-11,21H,1,8H2,2-6H3. The lowest BCUT2D eigenvalue weighted by atomic mass is 9.91. The van der Waals surface area contributed by atoms with E-state index in [4.69, 9.17) is 18.9 Å². The van der Waals surface area contributed by atoms with Gasteiger partial charge in [0.05, 0.1) is 28.4 Å². The predicted octanol–water partition coefficient (Wildman–Crippen LogP) is 4.13. The normalized spacial score (nSPS) is 10.3. The second kappa shape index (κ2) is 7.83. The first-order valence-electron chi connectivity index (χ1n) is 7.83. The molecule has 0 spiro atoms. The Morgan fingerprint density at radius 2 is 1.44 bits per heavy atom. The molecule has 2 rings (SSSR count). The van der Waals surface area contributed by atoms with E-state index >= 15 is 0 Å². The molecule has 0 heterocycles. The van der Waals surface area contributed by atoms with E-state index < -0.39 is 0 Å². The van der Waals surface area contributed by atoms with Gasteiger partial charge in [-0.25, -0.2) is 0 Å². The van der Waals surface area contributed by atoms with Crippen LogP contribution in [0.5, 0.6) is 28.7 Å². The molecule has 0 aliphatic carbocycles. The lowest BCUT2D eigenvalue weighted by molar-refractivity contribution is 0.349. The molecule has 134 valence electrons. The average Bonchev–Trinajstić information content (AvgIpc) is 2.63. The molecular weight excluding hydrogens is 320 g/mol. The van der Waals surface area contributed by atoms with Gasteiger partial charge in [0, 0.05) is 17.2 Å². The monoisotopic (exact) mass is 344 g/mol. The molecule has 5 heteroatoms. The first kappa shape index (κ1) is 18.5. The maximum Gasteiger partial charge on any atom is 0.164 e. The van der Waals surface area contributed by atoms with Crippen molar-refractivity contribution >= 4 is 0 Å². The smallest absolute Gasteiger partial charge is 0.164 e. The van der Waals surface area contributed by atoms with E-state index in [2.05, 4.69) is 6.58 Å². The Morgan fingerprint density at radius 1 is 0.880 bits per heavy atom. The fraction of sp³-hybridized carbons (Fsp3) is 0.300. The van der Waals surface area contributed by atoms with Crippen molar-refractivity contribution in [3.05, 3.63) is 42.0 Å². The van der Waals surface area contributed by atoms with Crippen LogP contribution in [-0.2, 0) is 6.42 Å². The van der Waals surface area contributed by atoms with Crippen LogP contribution in [0.25, 0.3) is 11.1 Å². The van der Waals surface area contributed by atoms with E-state index in [0.717, 1.165) is 16.7 Å². The van der Waals surface area contributed by atoms with Crippen LogP contribution in [0.4, 0.5) is 0 Å². The molecule has 0 aliphatic heterocycles. The number of benzene rings is 2. The van der Waals surface area contributed by atoms with Crippen molar-refractivity contribution in [1.29, 1.82) is 0 Å². The Balaban J connectivity index is 2.84. The molecule has 2 aromatic carbocycles. The molecule has 5 nitrogen and oxygen atoms in total. The summed E-state index contributed by atoms with van der Waals surface area (Å²) in [5.74, 6) is 2.30. The largest absolute Gasteiger partial charge is 0.504 e. The summed E-state index contributed by atoms with van der Waals surface area (Å²) < 4.78 is 21.6. The number of ether oxygens (including phenoxy) is 4.